The number of aromatic amines is 1. The molecule has 1 aliphatic rings. The molecule has 0 unspecified atom stereocenters. The molecule has 0 saturated carbocycles. The molecule has 1 N–H and O–H groups in total. The molecule has 8 heteroatoms. The first kappa shape index (κ1) is 18.4. The van der Waals surface area contributed by atoms with Gasteiger partial charge in [0, 0.05) is 48.9 Å². The molecule has 0 fully saturated rings. The number of H-pyrrole nitrogens is 1. The normalized spacial score (nSPS) is 14.2. The van der Waals surface area contributed by atoms with Gasteiger partial charge in [-0.3, -0.25) is 9.89 Å². The third-order valence-electron chi connectivity index (χ3n) is 4.74. The summed E-state index contributed by atoms with van der Waals surface area (Å²) in [7, 11) is 0. The number of aromatic nitrogens is 4. The van der Waals surface area contributed by atoms with Crippen LogP contribution in [0.25, 0.3) is 0 Å². The Balaban J connectivity index is 1.58. The van der Waals surface area contributed by atoms with Crippen LogP contribution in [0, 0.1) is 6.92 Å². The Bertz CT molecular complexity index is 722. The SMILES string of the molecule is CCC(CC)c1n[nH]c2c1CN(C(=O)CCSc1nnc(C)s1)CC2. The third-order valence-corrected chi connectivity index (χ3v) is 6.71. The molecule has 2 aromatic heterocycles. The van der Waals surface area contributed by atoms with Gasteiger partial charge in [-0.05, 0) is 19.8 Å². The zero-order valence-corrected chi connectivity index (χ0v) is 16.7. The minimum absolute atomic E-state index is 0.219. The van der Waals surface area contributed by atoms with E-state index < -0.39 is 0 Å². The van der Waals surface area contributed by atoms with Gasteiger partial charge >= 0.3 is 0 Å². The summed E-state index contributed by atoms with van der Waals surface area (Å²) in [5, 5.41) is 16.8. The number of nitrogens with zero attached hydrogens (tertiary/aromatic N) is 4. The van der Waals surface area contributed by atoms with E-state index in [1.54, 1.807) is 23.1 Å². The molecule has 0 aromatic carbocycles. The van der Waals surface area contributed by atoms with E-state index in [1.165, 1.54) is 11.3 Å². The van der Waals surface area contributed by atoms with Crippen LogP contribution in [0.2, 0.25) is 0 Å². The number of rotatable bonds is 7. The summed E-state index contributed by atoms with van der Waals surface area (Å²) in [6, 6.07) is 0. The number of hydrogen-bond donors (Lipinski definition) is 1. The van der Waals surface area contributed by atoms with Gasteiger partial charge in [0.2, 0.25) is 5.91 Å². The monoisotopic (exact) mass is 379 g/mol. The van der Waals surface area contributed by atoms with Crippen LogP contribution >= 0.6 is 23.1 Å². The van der Waals surface area contributed by atoms with Crippen molar-refractivity contribution < 1.29 is 4.79 Å². The first-order valence-corrected chi connectivity index (χ1v) is 10.7. The van der Waals surface area contributed by atoms with Crippen molar-refractivity contribution in [1.29, 1.82) is 0 Å². The lowest BCUT2D eigenvalue weighted by molar-refractivity contribution is -0.131. The van der Waals surface area contributed by atoms with E-state index in [2.05, 4.69) is 34.2 Å². The van der Waals surface area contributed by atoms with Crippen molar-refractivity contribution in [3.8, 4) is 0 Å². The Labute approximate surface area is 156 Å². The van der Waals surface area contributed by atoms with Crippen LogP contribution in [0.4, 0.5) is 0 Å². The van der Waals surface area contributed by atoms with Crippen molar-refractivity contribution in [3.05, 3.63) is 22.0 Å². The van der Waals surface area contributed by atoms with Crippen LogP contribution in [-0.4, -0.2) is 43.5 Å². The molecule has 1 amide bonds. The molecule has 0 aliphatic carbocycles. The zero-order chi connectivity index (χ0) is 17.8. The van der Waals surface area contributed by atoms with Crippen LogP contribution in [-0.2, 0) is 17.8 Å². The molecule has 2 aromatic rings. The minimum Gasteiger partial charge on any atom is -0.338 e. The van der Waals surface area contributed by atoms with E-state index >= 15 is 0 Å². The predicted octanol–water partition coefficient (Wildman–Crippen LogP) is 3.54. The largest absolute Gasteiger partial charge is 0.338 e. The Morgan fingerprint density at radius 1 is 1.36 bits per heavy atom. The summed E-state index contributed by atoms with van der Waals surface area (Å²) in [6.45, 7) is 7.82. The number of thioether (sulfide) groups is 1. The zero-order valence-electron chi connectivity index (χ0n) is 15.0. The van der Waals surface area contributed by atoms with Gasteiger partial charge in [0.1, 0.15) is 5.01 Å². The van der Waals surface area contributed by atoms with Gasteiger partial charge in [-0.1, -0.05) is 36.9 Å². The third kappa shape index (κ3) is 4.23. The summed E-state index contributed by atoms with van der Waals surface area (Å²) in [5.41, 5.74) is 3.63. The molecule has 3 heterocycles. The quantitative estimate of drug-likeness (QED) is 0.745. The lowest BCUT2D eigenvalue weighted by Crippen LogP contribution is -2.36. The minimum atomic E-state index is 0.219. The molecule has 0 saturated heterocycles. The summed E-state index contributed by atoms with van der Waals surface area (Å²) in [4.78, 5) is 14.6. The summed E-state index contributed by atoms with van der Waals surface area (Å²) in [5.74, 6) is 1.45. The fourth-order valence-corrected chi connectivity index (χ4v) is 5.08. The first-order valence-electron chi connectivity index (χ1n) is 8.89. The Morgan fingerprint density at radius 2 is 2.16 bits per heavy atom. The first-order chi connectivity index (χ1) is 12.1. The van der Waals surface area contributed by atoms with E-state index in [-0.39, 0.29) is 5.91 Å². The summed E-state index contributed by atoms with van der Waals surface area (Å²) in [6.07, 6.45) is 3.58. The fourth-order valence-electron chi connectivity index (χ4n) is 3.26. The topological polar surface area (TPSA) is 74.8 Å². The fraction of sp³-hybridized carbons (Fsp3) is 0.647. The van der Waals surface area contributed by atoms with Gasteiger partial charge in [-0.2, -0.15) is 5.10 Å². The number of aryl methyl sites for hydroxylation is 1. The molecule has 0 radical (unpaired) electrons. The second kappa shape index (κ2) is 8.31. The number of carbonyl (C=O) groups excluding carboxylic acids is 1. The van der Waals surface area contributed by atoms with Crippen molar-refractivity contribution in [3.63, 3.8) is 0 Å². The van der Waals surface area contributed by atoms with E-state index in [9.17, 15) is 4.79 Å². The number of carbonyl (C=O) groups is 1. The number of hydrogen-bond acceptors (Lipinski definition) is 6. The smallest absolute Gasteiger partial charge is 0.223 e. The van der Waals surface area contributed by atoms with Crippen molar-refractivity contribution in [2.75, 3.05) is 12.3 Å². The van der Waals surface area contributed by atoms with Gasteiger partial charge in [0.05, 0.1) is 5.69 Å². The number of nitrogens with one attached hydrogen (secondary N) is 1. The molecule has 25 heavy (non-hydrogen) atoms. The van der Waals surface area contributed by atoms with Crippen molar-refractivity contribution in [2.24, 2.45) is 0 Å². The molecular formula is C17H25N5OS2. The second-order valence-corrected chi connectivity index (χ2v) is 8.85. The molecule has 0 spiro atoms. The Kier molecular flexibility index (Phi) is 6.11. The predicted molar refractivity (Wildman–Crippen MR) is 101 cm³/mol. The van der Waals surface area contributed by atoms with E-state index in [1.807, 2.05) is 11.8 Å². The maximum absolute atomic E-state index is 12.6. The maximum atomic E-state index is 12.6. The van der Waals surface area contributed by atoms with Crippen molar-refractivity contribution in [2.45, 2.75) is 63.3 Å². The number of fused-ring (bicyclic) bond motifs is 1. The van der Waals surface area contributed by atoms with Crippen LogP contribution < -0.4 is 0 Å². The highest BCUT2D eigenvalue weighted by Crippen LogP contribution is 2.30. The number of amides is 1. The molecule has 136 valence electrons. The molecule has 3 rings (SSSR count). The highest BCUT2D eigenvalue weighted by atomic mass is 32.2. The second-order valence-electron chi connectivity index (χ2n) is 6.33. The molecule has 0 bridgehead atoms. The van der Waals surface area contributed by atoms with Gasteiger partial charge in [0.25, 0.3) is 0 Å². The average molecular weight is 380 g/mol. The lowest BCUT2D eigenvalue weighted by atomic mass is 9.93. The van der Waals surface area contributed by atoms with Gasteiger partial charge < -0.3 is 4.90 Å². The van der Waals surface area contributed by atoms with Crippen molar-refractivity contribution >= 4 is 29.0 Å². The van der Waals surface area contributed by atoms with Crippen LogP contribution in [0.3, 0.4) is 0 Å². The Hall–Kier alpha value is -1.41. The Morgan fingerprint density at radius 3 is 2.84 bits per heavy atom. The van der Waals surface area contributed by atoms with Gasteiger partial charge in [0.15, 0.2) is 4.34 Å². The highest BCUT2D eigenvalue weighted by molar-refractivity contribution is 8.01. The highest BCUT2D eigenvalue weighted by Gasteiger charge is 2.27. The van der Waals surface area contributed by atoms with Gasteiger partial charge in [-0.25, -0.2) is 0 Å². The molecule has 6 nitrogen and oxygen atoms in total. The van der Waals surface area contributed by atoms with E-state index in [0.29, 0.717) is 18.9 Å². The molecule has 1 aliphatic heterocycles. The van der Waals surface area contributed by atoms with Crippen LogP contribution in [0.1, 0.15) is 61.0 Å². The van der Waals surface area contributed by atoms with Crippen LogP contribution in [0.15, 0.2) is 4.34 Å². The summed E-state index contributed by atoms with van der Waals surface area (Å²) >= 11 is 3.20. The molecule has 0 atom stereocenters. The molecular weight excluding hydrogens is 354 g/mol. The van der Waals surface area contributed by atoms with Crippen molar-refractivity contribution in [1.82, 2.24) is 25.3 Å². The standard InChI is InChI=1S/C17H25N5OS2/c1-4-12(5-2)16-13-10-22(8-6-14(13)19-20-16)15(23)7-9-24-17-21-18-11(3)25-17/h12H,4-10H2,1-3H3,(H,19,20). The van der Waals surface area contributed by atoms with E-state index in [4.69, 9.17) is 0 Å². The van der Waals surface area contributed by atoms with Crippen LogP contribution in [0.5, 0.6) is 0 Å². The van der Waals surface area contributed by atoms with Gasteiger partial charge in [-0.15, -0.1) is 10.2 Å². The summed E-state index contributed by atoms with van der Waals surface area (Å²) < 4.78 is 0.942. The average Bonchev–Trinajstić information content (AvgIpc) is 3.22. The lowest BCUT2D eigenvalue weighted by Gasteiger charge is -2.28. The van der Waals surface area contributed by atoms with E-state index in [0.717, 1.165) is 46.6 Å². The maximum Gasteiger partial charge on any atom is 0.223 e.